The van der Waals surface area contributed by atoms with Gasteiger partial charge in [0.1, 0.15) is 18.1 Å². The van der Waals surface area contributed by atoms with Crippen LogP contribution in [0.15, 0.2) is 91.0 Å². The minimum atomic E-state index is 0.560. The Labute approximate surface area is 277 Å². The van der Waals surface area contributed by atoms with Crippen molar-refractivity contribution in [2.45, 2.75) is 45.3 Å². The van der Waals surface area contributed by atoms with Gasteiger partial charge in [0.15, 0.2) is 0 Å². The molecular weight excluding hydrogens is 589 g/mol. The Bertz CT molecular complexity index is 1740. The van der Waals surface area contributed by atoms with Crippen LogP contribution in [0.2, 0.25) is 0 Å². The average molecular weight is 633 g/mol. The summed E-state index contributed by atoms with van der Waals surface area (Å²) in [6.45, 7) is 8.58. The Balaban J connectivity index is 1.18. The number of likely N-dealkylation sites (tertiary alicyclic amines) is 1. The quantitative estimate of drug-likeness (QED) is 0.146. The van der Waals surface area contributed by atoms with Crippen molar-refractivity contribution in [3.05, 3.63) is 113 Å². The van der Waals surface area contributed by atoms with E-state index in [1.165, 1.54) is 62.2 Å². The number of hydrogen-bond acceptors (Lipinski definition) is 6. The van der Waals surface area contributed by atoms with E-state index >= 15 is 0 Å². The van der Waals surface area contributed by atoms with E-state index in [1.54, 1.807) is 7.11 Å². The van der Waals surface area contributed by atoms with Crippen LogP contribution in [-0.2, 0) is 24.2 Å². The normalized spacial score (nSPS) is 17.1. The topological polar surface area (TPSA) is 34.2 Å². The van der Waals surface area contributed by atoms with Crippen molar-refractivity contribution >= 4 is 27.1 Å². The van der Waals surface area contributed by atoms with Crippen LogP contribution >= 0.6 is 11.3 Å². The molecule has 5 nitrogen and oxygen atoms in total. The highest BCUT2D eigenvalue weighted by atomic mass is 32.1. The molecule has 238 valence electrons. The molecule has 1 atom stereocenters. The Morgan fingerprint density at radius 1 is 0.848 bits per heavy atom. The summed E-state index contributed by atoms with van der Waals surface area (Å²) in [5.74, 6) is 1.83. The second-order valence-corrected chi connectivity index (χ2v) is 13.7. The van der Waals surface area contributed by atoms with Crippen molar-refractivity contribution in [2.24, 2.45) is 0 Å². The molecule has 0 saturated carbocycles. The molecule has 4 aromatic carbocycles. The number of morpholine rings is 1. The molecule has 0 radical (unpaired) electrons. The smallest absolute Gasteiger partial charge is 0.142 e. The third-order valence-electron chi connectivity index (χ3n) is 9.58. The van der Waals surface area contributed by atoms with Crippen molar-refractivity contribution < 1.29 is 14.2 Å². The Morgan fingerprint density at radius 2 is 1.65 bits per heavy atom. The fourth-order valence-corrected chi connectivity index (χ4v) is 8.15. The molecule has 0 bridgehead atoms. The van der Waals surface area contributed by atoms with Gasteiger partial charge in [0.25, 0.3) is 0 Å². The van der Waals surface area contributed by atoms with E-state index < -0.39 is 0 Å². The molecule has 2 aliphatic rings. The number of rotatable bonds is 11. The predicted octanol–water partition coefficient (Wildman–Crippen LogP) is 8.61. The maximum absolute atomic E-state index is 6.24. The lowest BCUT2D eigenvalue weighted by molar-refractivity contribution is 0.122. The molecule has 0 spiro atoms. The molecule has 46 heavy (non-hydrogen) atoms. The first-order valence-corrected chi connectivity index (χ1v) is 17.5. The third-order valence-corrected chi connectivity index (χ3v) is 10.8. The molecule has 0 N–H and O–H groups in total. The van der Waals surface area contributed by atoms with E-state index in [0.29, 0.717) is 12.6 Å². The first-order chi connectivity index (χ1) is 22.6. The minimum absolute atomic E-state index is 0.560. The van der Waals surface area contributed by atoms with Crippen LogP contribution in [0.25, 0.3) is 20.5 Å². The molecule has 7 rings (SSSR count). The first-order valence-electron chi connectivity index (χ1n) is 16.7. The van der Waals surface area contributed by atoms with Crippen molar-refractivity contribution in [1.82, 2.24) is 4.90 Å². The van der Waals surface area contributed by atoms with Gasteiger partial charge in [0.2, 0.25) is 0 Å². The lowest BCUT2D eigenvalue weighted by Gasteiger charge is -2.30. The van der Waals surface area contributed by atoms with Crippen LogP contribution in [0.1, 0.15) is 42.0 Å². The molecule has 0 aliphatic carbocycles. The fourth-order valence-electron chi connectivity index (χ4n) is 6.89. The Kier molecular flexibility index (Phi) is 9.57. The third kappa shape index (κ3) is 6.95. The van der Waals surface area contributed by atoms with Gasteiger partial charge in [0.05, 0.1) is 26.0 Å². The van der Waals surface area contributed by atoms with E-state index in [-0.39, 0.29) is 0 Å². The zero-order valence-electron chi connectivity index (χ0n) is 27.0. The molecule has 2 fully saturated rings. The van der Waals surface area contributed by atoms with Crippen molar-refractivity contribution in [2.75, 3.05) is 51.4 Å². The van der Waals surface area contributed by atoms with Crippen LogP contribution in [0.4, 0.5) is 5.69 Å². The number of hydrogen-bond donors (Lipinski definition) is 0. The summed E-state index contributed by atoms with van der Waals surface area (Å²) in [5, 5.41) is 1.29. The first kappa shape index (κ1) is 30.8. The van der Waals surface area contributed by atoms with Gasteiger partial charge in [-0.25, -0.2) is 0 Å². The molecule has 6 heteroatoms. The van der Waals surface area contributed by atoms with E-state index in [4.69, 9.17) is 14.2 Å². The monoisotopic (exact) mass is 632 g/mol. The zero-order valence-corrected chi connectivity index (χ0v) is 27.9. The highest BCUT2D eigenvalue weighted by Crippen LogP contribution is 2.42. The molecule has 0 amide bonds. The fraction of sp³-hybridized carbons (Fsp3) is 0.350. The van der Waals surface area contributed by atoms with E-state index in [9.17, 15) is 0 Å². The molecular formula is C40H44N2O3S. The molecule has 1 aromatic heterocycles. The summed E-state index contributed by atoms with van der Waals surface area (Å²) in [6.07, 6.45) is 4.58. The number of anilines is 1. The highest BCUT2D eigenvalue weighted by molar-refractivity contribution is 7.22. The Morgan fingerprint density at radius 3 is 2.41 bits per heavy atom. The summed E-state index contributed by atoms with van der Waals surface area (Å²) in [5.41, 5.74) is 7.60. The van der Waals surface area contributed by atoms with Gasteiger partial charge in [-0.05, 0) is 103 Å². The van der Waals surface area contributed by atoms with Gasteiger partial charge in [-0.1, -0.05) is 60.7 Å². The van der Waals surface area contributed by atoms with E-state index in [0.717, 1.165) is 62.9 Å². The summed E-state index contributed by atoms with van der Waals surface area (Å²) in [7, 11) is 1.78. The van der Waals surface area contributed by atoms with Crippen LogP contribution in [0.5, 0.6) is 11.5 Å². The Hall–Kier alpha value is -3.84. The second-order valence-electron chi connectivity index (χ2n) is 12.6. The summed E-state index contributed by atoms with van der Waals surface area (Å²) in [4.78, 5) is 6.32. The maximum atomic E-state index is 6.24. The number of benzene rings is 4. The number of methoxy groups -OCH3 is 1. The van der Waals surface area contributed by atoms with Crippen LogP contribution in [-0.4, -0.2) is 57.4 Å². The molecule has 5 aromatic rings. The number of ether oxygens (including phenoxy) is 3. The lowest BCUT2D eigenvalue weighted by atomic mass is 9.97. The number of nitrogens with zero attached hydrogens (tertiary/aromatic N) is 2. The summed E-state index contributed by atoms with van der Waals surface area (Å²) >= 11 is 1.87. The van der Waals surface area contributed by atoms with Crippen LogP contribution in [0.3, 0.4) is 0 Å². The van der Waals surface area contributed by atoms with Gasteiger partial charge in [0, 0.05) is 35.3 Å². The largest absolute Gasteiger partial charge is 0.495 e. The number of thiophene rings is 1. The molecule has 2 saturated heterocycles. The van der Waals surface area contributed by atoms with E-state index in [1.807, 2.05) is 17.4 Å². The average Bonchev–Trinajstić information content (AvgIpc) is 3.69. The lowest BCUT2D eigenvalue weighted by Crippen LogP contribution is -2.36. The molecule has 0 unspecified atom stereocenters. The van der Waals surface area contributed by atoms with Gasteiger partial charge in [-0.2, -0.15) is 0 Å². The number of fused-ring (bicyclic) bond motifs is 1. The van der Waals surface area contributed by atoms with Gasteiger partial charge < -0.3 is 24.0 Å². The van der Waals surface area contributed by atoms with Crippen LogP contribution < -0.4 is 14.4 Å². The summed E-state index contributed by atoms with van der Waals surface area (Å²) < 4.78 is 19.0. The van der Waals surface area contributed by atoms with Gasteiger partial charge in [-0.15, -0.1) is 11.3 Å². The SMILES string of the molecule is COc1cc(Cc2c(-c3ccc(CCN4CCC[C@H]4C)cc3)sc3cc(OCc4ccccc4)ccc23)ccc1N1CCOCC1. The van der Waals surface area contributed by atoms with Crippen molar-refractivity contribution in [3.63, 3.8) is 0 Å². The second kappa shape index (κ2) is 14.3. The highest BCUT2D eigenvalue weighted by Gasteiger charge is 2.21. The standard InChI is InChI=1S/C40H44N2O3S/c1-29-7-6-19-41(29)20-18-30-10-13-33(14-11-30)40-36(25-32-12-17-37(38(26-32)43-2)42-21-23-44-24-22-42)35-16-15-34(27-39(35)46-40)45-28-31-8-4-3-5-9-31/h3-5,8-17,26-27,29H,6-7,18-25,28H2,1-2H3/t29-/m1/s1. The van der Waals surface area contributed by atoms with Crippen LogP contribution in [0, 0.1) is 0 Å². The predicted molar refractivity (Wildman–Crippen MR) is 191 cm³/mol. The van der Waals surface area contributed by atoms with Gasteiger partial charge in [-0.3, -0.25) is 0 Å². The molecule has 2 aliphatic heterocycles. The van der Waals surface area contributed by atoms with E-state index in [2.05, 4.69) is 102 Å². The minimum Gasteiger partial charge on any atom is -0.495 e. The van der Waals surface area contributed by atoms with Gasteiger partial charge >= 0.3 is 0 Å². The van der Waals surface area contributed by atoms with Crippen molar-refractivity contribution in [1.29, 1.82) is 0 Å². The zero-order chi connectivity index (χ0) is 31.3. The molecule has 3 heterocycles. The maximum Gasteiger partial charge on any atom is 0.142 e. The van der Waals surface area contributed by atoms with Crippen molar-refractivity contribution in [3.8, 4) is 21.9 Å². The summed E-state index contributed by atoms with van der Waals surface area (Å²) in [6, 6.07) is 33.7.